The Hall–Kier alpha value is -3.52. The van der Waals surface area contributed by atoms with Gasteiger partial charge >= 0.3 is 0 Å². The Morgan fingerprint density at radius 1 is 0.621 bits per heavy atom. The maximum atomic E-state index is 11.1. The average molecular weight is 376 g/mol. The van der Waals surface area contributed by atoms with E-state index in [4.69, 9.17) is 0 Å². The van der Waals surface area contributed by atoms with Gasteiger partial charge in [-0.15, -0.1) is 0 Å². The van der Waals surface area contributed by atoms with Gasteiger partial charge in [-0.1, -0.05) is 78.9 Å². The summed E-state index contributed by atoms with van der Waals surface area (Å²) in [4.78, 5) is 0. The molecule has 0 atom stereocenters. The summed E-state index contributed by atoms with van der Waals surface area (Å²) in [5, 5.41) is 22.0. The van der Waals surface area contributed by atoms with E-state index >= 15 is 0 Å². The summed E-state index contributed by atoms with van der Waals surface area (Å²) in [6.07, 6.45) is 0.721. The van der Waals surface area contributed by atoms with Gasteiger partial charge in [-0.2, -0.15) is 0 Å². The second-order valence-electron chi connectivity index (χ2n) is 8.07. The van der Waals surface area contributed by atoms with E-state index in [0.717, 1.165) is 17.5 Å². The molecule has 3 aliphatic rings. The van der Waals surface area contributed by atoms with E-state index in [-0.39, 0.29) is 17.4 Å². The van der Waals surface area contributed by atoms with E-state index in [1.54, 1.807) is 12.1 Å². The smallest absolute Gasteiger partial charge is 0.120 e. The molecule has 7 rings (SSSR count). The fourth-order valence-corrected chi connectivity index (χ4v) is 5.69. The molecule has 2 N–H and O–H groups in total. The van der Waals surface area contributed by atoms with Crippen LogP contribution < -0.4 is 0 Å². The van der Waals surface area contributed by atoms with Crippen LogP contribution in [-0.2, 0) is 11.8 Å². The third kappa shape index (κ3) is 2.01. The largest absolute Gasteiger partial charge is 0.508 e. The van der Waals surface area contributed by atoms with Gasteiger partial charge in [-0.25, -0.2) is 0 Å². The summed E-state index contributed by atoms with van der Waals surface area (Å²) < 4.78 is 0. The van der Waals surface area contributed by atoms with Crippen molar-refractivity contribution in [1.29, 1.82) is 0 Å². The van der Waals surface area contributed by atoms with Gasteiger partial charge in [0.25, 0.3) is 0 Å². The predicted molar refractivity (Wildman–Crippen MR) is 114 cm³/mol. The first-order valence-corrected chi connectivity index (χ1v) is 10.00. The van der Waals surface area contributed by atoms with E-state index in [0.29, 0.717) is 0 Å². The first-order valence-electron chi connectivity index (χ1n) is 10.00. The zero-order valence-corrected chi connectivity index (χ0v) is 15.8. The Labute approximate surface area is 169 Å². The quantitative estimate of drug-likeness (QED) is 0.455. The van der Waals surface area contributed by atoms with Crippen molar-refractivity contribution in [3.05, 3.63) is 130 Å². The molecule has 0 aromatic heterocycles. The number of hydrogen-bond donors (Lipinski definition) is 2. The summed E-state index contributed by atoms with van der Waals surface area (Å²) in [5.41, 5.74) is 7.24. The Balaban J connectivity index is 1.79. The molecule has 4 aromatic carbocycles. The highest BCUT2D eigenvalue weighted by Gasteiger charge is 2.53. The lowest BCUT2D eigenvalue weighted by Gasteiger charge is -2.51. The molecule has 3 aliphatic carbocycles. The predicted octanol–water partition coefficient (Wildman–Crippen LogP) is 5.48. The molecule has 2 heteroatoms. The zero-order chi connectivity index (χ0) is 19.6. The van der Waals surface area contributed by atoms with Gasteiger partial charge in [0.1, 0.15) is 11.5 Å². The van der Waals surface area contributed by atoms with Gasteiger partial charge in [-0.05, 0) is 46.4 Å². The molecule has 0 radical (unpaired) electrons. The van der Waals surface area contributed by atoms with Crippen molar-refractivity contribution in [1.82, 2.24) is 0 Å². The third-order valence-electron chi connectivity index (χ3n) is 6.69. The fourth-order valence-electron chi connectivity index (χ4n) is 5.69. The molecule has 0 fully saturated rings. The molecule has 0 saturated heterocycles. The number of benzene rings is 4. The van der Waals surface area contributed by atoms with Crippen LogP contribution in [0.25, 0.3) is 0 Å². The molecule has 0 aliphatic heterocycles. The minimum absolute atomic E-state index is 0.0675. The highest BCUT2D eigenvalue weighted by Crippen LogP contribution is 2.63. The van der Waals surface area contributed by atoms with Crippen LogP contribution in [0.3, 0.4) is 0 Å². The summed E-state index contributed by atoms with van der Waals surface area (Å²) in [6, 6.07) is 30.7. The number of phenols is 2. The van der Waals surface area contributed by atoms with Crippen molar-refractivity contribution >= 4 is 0 Å². The van der Waals surface area contributed by atoms with E-state index < -0.39 is 5.41 Å². The standard InChI is InChI=1S/C27H20O2/c28-22-14-15-23(29)26-25(22)24-18-10-4-6-12-20(18)27(26,16-17-8-2-1-3-9-17)21-13-7-5-11-19(21)24/h1-15,24,28-29H,16H2. The average Bonchev–Trinajstić information content (AvgIpc) is 2.77. The number of hydrogen-bond acceptors (Lipinski definition) is 2. The minimum Gasteiger partial charge on any atom is -0.508 e. The molecule has 2 nitrogen and oxygen atoms in total. The Morgan fingerprint density at radius 3 is 1.83 bits per heavy atom. The van der Waals surface area contributed by atoms with Crippen LogP contribution in [0, 0.1) is 0 Å². The Morgan fingerprint density at radius 2 is 1.17 bits per heavy atom. The van der Waals surface area contributed by atoms with Gasteiger partial charge in [0.2, 0.25) is 0 Å². The maximum absolute atomic E-state index is 11.1. The topological polar surface area (TPSA) is 40.5 Å². The van der Waals surface area contributed by atoms with Crippen LogP contribution >= 0.6 is 0 Å². The Bertz CT molecular complexity index is 1210. The highest BCUT2D eigenvalue weighted by molar-refractivity contribution is 5.76. The third-order valence-corrected chi connectivity index (χ3v) is 6.69. The highest BCUT2D eigenvalue weighted by atomic mass is 16.3. The fraction of sp³-hybridized carbons (Fsp3) is 0.111. The SMILES string of the molecule is Oc1ccc(O)c2c1C1c3ccccc3C2(Cc2ccccc2)c2ccccc21. The lowest BCUT2D eigenvalue weighted by molar-refractivity contribution is 0.417. The molecule has 2 bridgehead atoms. The van der Waals surface area contributed by atoms with E-state index in [9.17, 15) is 10.2 Å². The molecule has 0 saturated carbocycles. The number of rotatable bonds is 2. The lowest BCUT2D eigenvalue weighted by Crippen LogP contribution is -2.43. The van der Waals surface area contributed by atoms with Gasteiger partial charge in [0.05, 0.1) is 5.41 Å². The summed E-state index contributed by atoms with van der Waals surface area (Å²) in [5.74, 6) is 0.439. The lowest BCUT2D eigenvalue weighted by atomic mass is 9.51. The first kappa shape index (κ1) is 16.4. The molecule has 0 heterocycles. The molecule has 0 amide bonds. The van der Waals surface area contributed by atoms with Crippen LogP contribution in [-0.4, -0.2) is 10.2 Å². The van der Waals surface area contributed by atoms with Gasteiger partial charge in [0, 0.05) is 17.0 Å². The van der Waals surface area contributed by atoms with Crippen molar-refractivity contribution in [2.45, 2.75) is 17.8 Å². The number of phenolic OH excluding ortho intramolecular Hbond substituents is 2. The maximum Gasteiger partial charge on any atom is 0.120 e. The van der Waals surface area contributed by atoms with Crippen molar-refractivity contribution in [3.8, 4) is 11.5 Å². The summed E-state index contributed by atoms with van der Waals surface area (Å²) in [6.45, 7) is 0. The summed E-state index contributed by atoms with van der Waals surface area (Å²) >= 11 is 0. The van der Waals surface area contributed by atoms with Gasteiger partial charge in [-0.3, -0.25) is 0 Å². The molecular formula is C27H20O2. The van der Waals surface area contributed by atoms with Crippen molar-refractivity contribution in [3.63, 3.8) is 0 Å². The second-order valence-corrected chi connectivity index (χ2v) is 8.07. The first-order chi connectivity index (χ1) is 14.2. The normalized spacial score (nSPS) is 20.6. The Kier molecular flexibility index (Phi) is 3.25. The minimum atomic E-state index is -0.540. The van der Waals surface area contributed by atoms with Crippen LogP contribution in [0.4, 0.5) is 0 Å². The van der Waals surface area contributed by atoms with Crippen molar-refractivity contribution < 1.29 is 10.2 Å². The van der Waals surface area contributed by atoms with E-state index in [1.807, 2.05) is 6.07 Å². The molecule has 0 spiro atoms. The second kappa shape index (κ2) is 5.74. The van der Waals surface area contributed by atoms with E-state index in [2.05, 4.69) is 72.8 Å². The molecule has 140 valence electrons. The van der Waals surface area contributed by atoms with Crippen LogP contribution in [0.15, 0.2) is 91.0 Å². The number of aromatic hydroxyl groups is 2. The van der Waals surface area contributed by atoms with Gasteiger partial charge < -0.3 is 10.2 Å². The molecule has 0 unspecified atom stereocenters. The monoisotopic (exact) mass is 376 g/mol. The van der Waals surface area contributed by atoms with Crippen LogP contribution in [0.1, 0.15) is 44.9 Å². The van der Waals surface area contributed by atoms with Crippen LogP contribution in [0.5, 0.6) is 11.5 Å². The van der Waals surface area contributed by atoms with Gasteiger partial charge in [0.15, 0.2) is 0 Å². The molecule has 29 heavy (non-hydrogen) atoms. The van der Waals surface area contributed by atoms with Crippen LogP contribution in [0.2, 0.25) is 0 Å². The zero-order valence-electron chi connectivity index (χ0n) is 15.8. The molecular weight excluding hydrogens is 356 g/mol. The van der Waals surface area contributed by atoms with E-state index in [1.165, 1.54) is 27.8 Å². The van der Waals surface area contributed by atoms with Crippen molar-refractivity contribution in [2.75, 3.05) is 0 Å². The molecule has 4 aromatic rings. The van der Waals surface area contributed by atoms with Crippen molar-refractivity contribution in [2.24, 2.45) is 0 Å². The summed E-state index contributed by atoms with van der Waals surface area (Å²) in [7, 11) is 0.